The van der Waals surface area contributed by atoms with Gasteiger partial charge < -0.3 is 25.4 Å². The lowest BCUT2D eigenvalue weighted by molar-refractivity contribution is 0.0725. The zero-order chi connectivity index (χ0) is 25.9. The second-order valence-electron chi connectivity index (χ2n) is 8.19. The fraction of sp³-hybridized carbons (Fsp3) is 0. The molecule has 5 aromatic rings. The van der Waals surface area contributed by atoms with E-state index in [4.69, 9.17) is 25.4 Å². The summed E-state index contributed by atoms with van der Waals surface area (Å²) < 4.78 is 16.8. The molecule has 0 unspecified atom stereocenters. The van der Waals surface area contributed by atoms with E-state index < -0.39 is 11.9 Å². The average Bonchev–Trinajstić information content (AvgIpc) is 2.89. The zero-order valence-corrected chi connectivity index (χ0v) is 19.3. The van der Waals surface area contributed by atoms with Gasteiger partial charge in [0.1, 0.15) is 22.8 Å². The molecule has 5 rings (SSSR count). The lowest BCUT2D eigenvalue weighted by atomic mass is 10.1. The van der Waals surface area contributed by atoms with Gasteiger partial charge >= 0.3 is 11.9 Å². The SMILES string of the molecule is Nc1cccc(C(=O)Oc2ccc(-c3cc(=O)c4ccc(OC(=O)c5cccc(N)c5)cc4o3)cc2)c1. The second-order valence-corrected chi connectivity index (χ2v) is 8.19. The molecule has 4 aromatic carbocycles. The number of rotatable bonds is 5. The molecule has 0 atom stereocenters. The minimum atomic E-state index is -0.589. The molecule has 0 spiro atoms. The Balaban J connectivity index is 1.37. The van der Waals surface area contributed by atoms with Crippen LogP contribution in [-0.2, 0) is 0 Å². The van der Waals surface area contributed by atoms with Crippen molar-refractivity contribution in [1.82, 2.24) is 0 Å². The van der Waals surface area contributed by atoms with E-state index in [-0.39, 0.29) is 16.8 Å². The lowest BCUT2D eigenvalue weighted by Crippen LogP contribution is -2.09. The van der Waals surface area contributed by atoms with E-state index in [0.717, 1.165) is 0 Å². The van der Waals surface area contributed by atoms with Crippen molar-refractivity contribution in [2.24, 2.45) is 0 Å². The number of hydrogen-bond donors (Lipinski definition) is 2. The van der Waals surface area contributed by atoms with E-state index in [1.165, 1.54) is 36.4 Å². The van der Waals surface area contributed by atoms with Crippen LogP contribution in [0.5, 0.6) is 11.5 Å². The van der Waals surface area contributed by atoms with Crippen LogP contribution in [0.2, 0.25) is 0 Å². The molecule has 0 saturated carbocycles. The first-order valence-corrected chi connectivity index (χ1v) is 11.2. The Kier molecular flexibility index (Phi) is 6.13. The number of carbonyl (C=O) groups is 2. The van der Waals surface area contributed by atoms with Gasteiger partial charge in [0.15, 0.2) is 5.43 Å². The highest BCUT2D eigenvalue weighted by molar-refractivity contribution is 5.93. The maximum absolute atomic E-state index is 12.7. The highest BCUT2D eigenvalue weighted by atomic mass is 16.5. The highest BCUT2D eigenvalue weighted by Crippen LogP contribution is 2.27. The zero-order valence-electron chi connectivity index (χ0n) is 19.3. The Hall–Kier alpha value is -5.37. The van der Waals surface area contributed by atoms with E-state index >= 15 is 0 Å². The van der Waals surface area contributed by atoms with Crippen molar-refractivity contribution in [1.29, 1.82) is 0 Å². The monoisotopic (exact) mass is 492 g/mol. The normalized spacial score (nSPS) is 10.7. The fourth-order valence-electron chi connectivity index (χ4n) is 3.69. The third-order valence-electron chi connectivity index (χ3n) is 5.51. The molecule has 8 heteroatoms. The Morgan fingerprint density at radius 3 is 1.81 bits per heavy atom. The van der Waals surface area contributed by atoms with Crippen molar-refractivity contribution in [3.8, 4) is 22.8 Å². The summed E-state index contributed by atoms with van der Waals surface area (Å²) in [5.74, 6) is -0.310. The molecule has 0 amide bonds. The number of anilines is 2. The molecule has 0 aliphatic rings. The van der Waals surface area contributed by atoms with E-state index in [0.29, 0.717) is 45.0 Å². The molecule has 0 radical (unpaired) electrons. The van der Waals surface area contributed by atoms with Crippen LogP contribution >= 0.6 is 0 Å². The van der Waals surface area contributed by atoms with E-state index in [1.54, 1.807) is 60.7 Å². The van der Waals surface area contributed by atoms with E-state index in [2.05, 4.69) is 0 Å². The quantitative estimate of drug-likeness (QED) is 0.197. The molecule has 37 heavy (non-hydrogen) atoms. The second kappa shape index (κ2) is 9.71. The topological polar surface area (TPSA) is 135 Å². The van der Waals surface area contributed by atoms with Crippen molar-refractivity contribution in [3.63, 3.8) is 0 Å². The van der Waals surface area contributed by atoms with Gasteiger partial charge in [-0.05, 0) is 72.8 Å². The summed E-state index contributed by atoms with van der Waals surface area (Å²) in [7, 11) is 0. The van der Waals surface area contributed by atoms with Gasteiger partial charge in [0, 0.05) is 29.1 Å². The van der Waals surface area contributed by atoms with Crippen LogP contribution in [-0.4, -0.2) is 11.9 Å². The molecule has 1 heterocycles. The van der Waals surface area contributed by atoms with Crippen molar-refractivity contribution in [3.05, 3.63) is 118 Å². The average molecular weight is 492 g/mol. The van der Waals surface area contributed by atoms with E-state index in [1.807, 2.05) is 0 Å². The molecule has 0 fully saturated rings. The molecule has 1 aromatic heterocycles. The largest absolute Gasteiger partial charge is 0.456 e. The molecular weight excluding hydrogens is 472 g/mol. The standard InChI is InChI=1S/C29H20N2O6/c30-20-5-1-3-18(13-20)28(33)35-22-9-7-17(8-10-22)26-16-25(32)24-12-11-23(15-27(24)37-26)36-29(34)19-4-2-6-21(31)14-19/h1-16H,30-31H2. The van der Waals surface area contributed by atoms with Crippen molar-refractivity contribution >= 4 is 34.3 Å². The van der Waals surface area contributed by atoms with E-state index in [9.17, 15) is 14.4 Å². The number of carbonyl (C=O) groups excluding carboxylic acids is 2. The Morgan fingerprint density at radius 1 is 0.649 bits per heavy atom. The number of benzene rings is 4. The number of nitrogens with two attached hydrogens (primary N) is 2. The summed E-state index contributed by atoms with van der Waals surface area (Å²) in [5.41, 5.74) is 13.5. The first-order valence-electron chi connectivity index (χ1n) is 11.2. The van der Waals surface area contributed by atoms with Gasteiger partial charge in [-0.15, -0.1) is 0 Å². The number of ether oxygens (including phenoxy) is 2. The third kappa shape index (κ3) is 5.18. The number of fused-ring (bicyclic) bond motifs is 1. The Morgan fingerprint density at radius 2 is 1.22 bits per heavy atom. The molecular formula is C29H20N2O6. The first-order chi connectivity index (χ1) is 17.9. The van der Waals surface area contributed by atoms with Crippen LogP contribution in [0, 0.1) is 0 Å². The summed E-state index contributed by atoms with van der Waals surface area (Å²) in [5, 5.41) is 0.334. The van der Waals surface area contributed by atoms with Gasteiger partial charge in [-0.2, -0.15) is 0 Å². The predicted molar refractivity (Wildman–Crippen MR) is 140 cm³/mol. The predicted octanol–water partition coefficient (Wildman–Crippen LogP) is 5.06. The molecule has 8 nitrogen and oxygen atoms in total. The van der Waals surface area contributed by atoms with Crippen LogP contribution in [0.3, 0.4) is 0 Å². The minimum Gasteiger partial charge on any atom is -0.456 e. The molecule has 182 valence electrons. The number of hydrogen-bond acceptors (Lipinski definition) is 8. The Labute approximate surface area is 210 Å². The molecule has 0 bridgehead atoms. The number of nitrogen functional groups attached to an aromatic ring is 2. The third-order valence-corrected chi connectivity index (χ3v) is 5.51. The minimum absolute atomic E-state index is 0.212. The van der Waals surface area contributed by atoms with Crippen LogP contribution in [0.4, 0.5) is 11.4 Å². The van der Waals surface area contributed by atoms with Crippen molar-refractivity contribution < 1.29 is 23.5 Å². The van der Waals surface area contributed by atoms with Gasteiger partial charge in [-0.3, -0.25) is 4.79 Å². The lowest BCUT2D eigenvalue weighted by Gasteiger charge is -2.08. The van der Waals surface area contributed by atoms with Crippen LogP contribution < -0.4 is 26.4 Å². The molecule has 0 saturated heterocycles. The maximum atomic E-state index is 12.7. The summed E-state index contributed by atoms with van der Waals surface area (Å²) in [6, 6.07) is 25.3. The summed E-state index contributed by atoms with van der Waals surface area (Å²) in [4.78, 5) is 37.5. The van der Waals surface area contributed by atoms with Crippen molar-refractivity contribution in [2.75, 3.05) is 11.5 Å². The van der Waals surface area contributed by atoms with Crippen LogP contribution in [0.1, 0.15) is 20.7 Å². The summed E-state index contributed by atoms with van der Waals surface area (Å²) in [6.07, 6.45) is 0. The highest BCUT2D eigenvalue weighted by Gasteiger charge is 2.13. The fourth-order valence-corrected chi connectivity index (χ4v) is 3.69. The Bertz CT molecular complexity index is 1710. The van der Waals surface area contributed by atoms with Gasteiger partial charge in [-0.1, -0.05) is 12.1 Å². The molecule has 0 aliphatic carbocycles. The summed E-state index contributed by atoms with van der Waals surface area (Å²) >= 11 is 0. The van der Waals surface area contributed by atoms with Gasteiger partial charge in [-0.25, -0.2) is 9.59 Å². The van der Waals surface area contributed by atoms with Gasteiger partial charge in [0.05, 0.1) is 16.5 Å². The van der Waals surface area contributed by atoms with Gasteiger partial charge in [0.2, 0.25) is 0 Å². The van der Waals surface area contributed by atoms with Gasteiger partial charge in [0.25, 0.3) is 0 Å². The van der Waals surface area contributed by atoms with Crippen LogP contribution in [0.25, 0.3) is 22.3 Å². The van der Waals surface area contributed by atoms with Crippen molar-refractivity contribution in [2.45, 2.75) is 0 Å². The van der Waals surface area contributed by atoms with Crippen LogP contribution in [0.15, 0.2) is 106 Å². The number of esters is 2. The molecule has 4 N–H and O–H groups in total. The first kappa shape index (κ1) is 23.4. The summed E-state index contributed by atoms with van der Waals surface area (Å²) in [6.45, 7) is 0. The molecule has 0 aliphatic heterocycles. The maximum Gasteiger partial charge on any atom is 0.343 e. The smallest absolute Gasteiger partial charge is 0.343 e.